The quantitative estimate of drug-likeness (QED) is 0.612. The van der Waals surface area contributed by atoms with Crippen LogP contribution in [0.25, 0.3) is 0 Å². The van der Waals surface area contributed by atoms with Gasteiger partial charge in [-0.25, -0.2) is 0 Å². The fraction of sp³-hybridized carbons (Fsp3) is 0.917. The number of rotatable bonds is 7. The summed E-state index contributed by atoms with van der Waals surface area (Å²) in [5.41, 5.74) is 2.86. The minimum absolute atomic E-state index is 0.0580. The van der Waals surface area contributed by atoms with Crippen LogP contribution in [0.3, 0.4) is 0 Å². The maximum Gasteiger partial charge on any atom is 0.126 e. The van der Waals surface area contributed by atoms with Gasteiger partial charge < -0.3 is 5.11 Å². The Hall–Kier alpha value is -0.260. The van der Waals surface area contributed by atoms with Crippen molar-refractivity contribution in [1.29, 1.82) is 0 Å². The molecule has 0 radical (unpaired) electrons. The van der Waals surface area contributed by atoms with E-state index in [2.05, 4.69) is 30.0 Å². The van der Waals surface area contributed by atoms with Crippen molar-refractivity contribution in [1.82, 2.24) is 5.48 Å². The molecule has 0 saturated heterocycles. The van der Waals surface area contributed by atoms with Crippen LogP contribution < -0.4 is 5.48 Å². The zero-order valence-electron chi connectivity index (χ0n) is 10.7. The second-order valence-electron chi connectivity index (χ2n) is 4.49. The summed E-state index contributed by atoms with van der Waals surface area (Å²) in [5, 5.41) is 10.1. The Bertz CT molecular complexity index is 249. The van der Waals surface area contributed by atoms with Crippen LogP contribution in [0.15, 0.2) is 4.99 Å². The molecule has 0 saturated carbocycles. The van der Waals surface area contributed by atoms with Crippen molar-refractivity contribution in [3.05, 3.63) is 0 Å². The molecule has 0 aliphatic carbocycles. The zero-order chi connectivity index (χ0) is 12.7. The zero-order valence-corrected chi connectivity index (χ0v) is 11.6. The first-order chi connectivity index (χ1) is 8.22. The number of hydrogen-bond donors (Lipinski definition) is 3. The number of aliphatic imine (C=N–C) groups is 1. The first kappa shape index (κ1) is 14.8. The van der Waals surface area contributed by atoms with E-state index in [0.29, 0.717) is 12.4 Å². The lowest BCUT2D eigenvalue weighted by Crippen LogP contribution is -2.43. The number of nitrogens with one attached hydrogen (secondary N) is 1. The second kappa shape index (κ2) is 7.95. The fourth-order valence-corrected chi connectivity index (χ4v) is 2.14. The van der Waals surface area contributed by atoms with Crippen molar-refractivity contribution >= 4 is 18.5 Å². The Balaban J connectivity index is 2.70. The molecule has 1 rings (SSSR count). The van der Waals surface area contributed by atoms with Gasteiger partial charge in [0.25, 0.3) is 0 Å². The summed E-state index contributed by atoms with van der Waals surface area (Å²) in [5.74, 6) is 1.52. The Morgan fingerprint density at radius 1 is 1.59 bits per heavy atom. The summed E-state index contributed by atoms with van der Waals surface area (Å²) >= 11 is 4.24. The molecule has 17 heavy (non-hydrogen) atoms. The number of aliphatic hydroxyl groups is 1. The van der Waals surface area contributed by atoms with Gasteiger partial charge in [0.1, 0.15) is 5.84 Å². The SMILES string of the molecule is CCCCC(C1=NC(CS)CON1)C(O)CC. The van der Waals surface area contributed by atoms with Crippen LogP contribution in [0.2, 0.25) is 0 Å². The highest BCUT2D eigenvalue weighted by Gasteiger charge is 2.26. The highest BCUT2D eigenvalue weighted by atomic mass is 32.1. The molecule has 0 aromatic carbocycles. The van der Waals surface area contributed by atoms with Crippen LogP contribution in [-0.4, -0.2) is 35.4 Å². The van der Waals surface area contributed by atoms with Gasteiger partial charge in [0.15, 0.2) is 0 Å². The van der Waals surface area contributed by atoms with Crippen molar-refractivity contribution in [3.8, 4) is 0 Å². The molecule has 0 bridgehead atoms. The van der Waals surface area contributed by atoms with E-state index in [0.717, 1.165) is 31.5 Å². The normalized spacial score (nSPS) is 23.8. The Labute approximate surface area is 109 Å². The third-order valence-corrected chi connectivity index (χ3v) is 3.51. The van der Waals surface area contributed by atoms with E-state index in [1.165, 1.54) is 0 Å². The lowest BCUT2D eigenvalue weighted by molar-refractivity contribution is 0.0510. The van der Waals surface area contributed by atoms with Crippen LogP contribution in [-0.2, 0) is 4.84 Å². The highest BCUT2D eigenvalue weighted by Crippen LogP contribution is 2.19. The standard InChI is InChI=1S/C12H24N2O2S/c1-3-5-6-10(11(15)4-2)12-13-9(8-17)7-16-14-12/h9-11,15,17H,3-8H2,1-2H3,(H,13,14). The lowest BCUT2D eigenvalue weighted by atomic mass is 9.93. The highest BCUT2D eigenvalue weighted by molar-refractivity contribution is 7.80. The fourth-order valence-electron chi connectivity index (χ4n) is 1.96. The predicted molar refractivity (Wildman–Crippen MR) is 73.5 cm³/mol. The number of hydrogen-bond acceptors (Lipinski definition) is 5. The largest absolute Gasteiger partial charge is 0.392 e. The molecule has 2 N–H and O–H groups in total. The van der Waals surface area contributed by atoms with E-state index >= 15 is 0 Å². The summed E-state index contributed by atoms with van der Waals surface area (Å²) in [7, 11) is 0. The summed E-state index contributed by atoms with van der Waals surface area (Å²) in [4.78, 5) is 9.87. The smallest absolute Gasteiger partial charge is 0.126 e. The topological polar surface area (TPSA) is 53.8 Å². The van der Waals surface area contributed by atoms with Crippen LogP contribution in [0.5, 0.6) is 0 Å². The summed E-state index contributed by atoms with van der Waals surface area (Å²) in [6, 6.07) is 0.0998. The van der Waals surface area contributed by atoms with E-state index in [1.807, 2.05) is 6.92 Å². The third kappa shape index (κ3) is 4.48. The number of amidine groups is 1. The molecule has 4 nitrogen and oxygen atoms in total. The van der Waals surface area contributed by atoms with E-state index in [4.69, 9.17) is 4.84 Å². The molecule has 0 amide bonds. The van der Waals surface area contributed by atoms with Gasteiger partial charge in [0.2, 0.25) is 0 Å². The van der Waals surface area contributed by atoms with Crippen LogP contribution in [0.1, 0.15) is 39.5 Å². The maximum absolute atomic E-state index is 10.1. The monoisotopic (exact) mass is 260 g/mol. The molecular weight excluding hydrogens is 236 g/mol. The van der Waals surface area contributed by atoms with E-state index < -0.39 is 0 Å². The van der Waals surface area contributed by atoms with Gasteiger partial charge in [0.05, 0.1) is 18.8 Å². The summed E-state index contributed by atoms with van der Waals surface area (Å²) in [6.45, 7) is 4.69. The van der Waals surface area contributed by atoms with Gasteiger partial charge in [-0.05, 0) is 12.8 Å². The van der Waals surface area contributed by atoms with Crippen molar-refractivity contribution in [2.24, 2.45) is 10.9 Å². The van der Waals surface area contributed by atoms with Crippen molar-refractivity contribution in [3.63, 3.8) is 0 Å². The molecular formula is C12H24N2O2S. The first-order valence-electron chi connectivity index (χ1n) is 6.47. The molecule has 100 valence electrons. The average molecular weight is 260 g/mol. The van der Waals surface area contributed by atoms with Gasteiger partial charge >= 0.3 is 0 Å². The van der Waals surface area contributed by atoms with E-state index in [1.54, 1.807) is 0 Å². The van der Waals surface area contributed by atoms with Crippen LogP contribution in [0, 0.1) is 5.92 Å². The number of thiol groups is 1. The molecule has 1 heterocycles. The van der Waals surface area contributed by atoms with Crippen molar-refractivity contribution in [2.45, 2.75) is 51.7 Å². The minimum Gasteiger partial charge on any atom is -0.392 e. The third-order valence-electron chi connectivity index (χ3n) is 3.09. The Morgan fingerprint density at radius 3 is 2.94 bits per heavy atom. The molecule has 0 fully saturated rings. The van der Waals surface area contributed by atoms with Crippen LogP contribution >= 0.6 is 12.6 Å². The molecule has 3 atom stereocenters. The molecule has 0 spiro atoms. The van der Waals surface area contributed by atoms with Gasteiger partial charge in [-0.2, -0.15) is 12.6 Å². The minimum atomic E-state index is -0.352. The number of hydroxylamine groups is 1. The van der Waals surface area contributed by atoms with E-state index in [-0.39, 0.29) is 18.1 Å². The Kier molecular flexibility index (Phi) is 6.92. The molecule has 5 heteroatoms. The summed E-state index contributed by atoms with van der Waals surface area (Å²) in [6.07, 6.45) is 3.54. The average Bonchev–Trinajstić information content (AvgIpc) is 2.39. The van der Waals surface area contributed by atoms with Gasteiger partial charge in [0, 0.05) is 11.7 Å². The second-order valence-corrected chi connectivity index (χ2v) is 4.85. The summed E-state index contributed by atoms with van der Waals surface area (Å²) < 4.78 is 0. The molecule has 1 aliphatic heterocycles. The van der Waals surface area contributed by atoms with Gasteiger partial charge in [-0.15, -0.1) is 0 Å². The van der Waals surface area contributed by atoms with Gasteiger partial charge in [-0.1, -0.05) is 26.7 Å². The van der Waals surface area contributed by atoms with Crippen molar-refractivity contribution in [2.75, 3.05) is 12.4 Å². The van der Waals surface area contributed by atoms with Gasteiger partial charge in [-0.3, -0.25) is 15.3 Å². The van der Waals surface area contributed by atoms with Crippen LogP contribution in [0.4, 0.5) is 0 Å². The van der Waals surface area contributed by atoms with Crippen molar-refractivity contribution < 1.29 is 9.94 Å². The molecule has 1 aliphatic rings. The lowest BCUT2D eigenvalue weighted by Gasteiger charge is -2.28. The number of nitrogens with zero attached hydrogens (tertiary/aromatic N) is 1. The number of aliphatic hydroxyl groups excluding tert-OH is 1. The predicted octanol–water partition coefficient (Wildman–Crippen LogP) is 1.80. The number of unbranched alkanes of at least 4 members (excludes halogenated alkanes) is 1. The first-order valence-corrected chi connectivity index (χ1v) is 7.10. The molecule has 0 aromatic heterocycles. The maximum atomic E-state index is 10.1. The van der Waals surface area contributed by atoms with E-state index in [9.17, 15) is 5.11 Å². The molecule has 3 unspecified atom stereocenters. The molecule has 0 aromatic rings. The Morgan fingerprint density at radius 2 is 2.35 bits per heavy atom.